The molecule has 0 saturated heterocycles. The fourth-order valence-electron chi connectivity index (χ4n) is 3.31. The van der Waals surface area contributed by atoms with Crippen LogP contribution >= 0.6 is 0 Å². The molecule has 0 radical (unpaired) electrons. The summed E-state index contributed by atoms with van der Waals surface area (Å²) in [6, 6.07) is 6.67. The number of anilines is 1. The first-order valence-corrected chi connectivity index (χ1v) is 9.51. The largest absolute Gasteiger partial charge is 0.386 e. The Labute approximate surface area is 163 Å². The zero-order valence-corrected chi connectivity index (χ0v) is 15.9. The van der Waals surface area contributed by atoms with Crippen LogP contribution in [-0.2, 0) is 4.74 Å². The summed E-state index contributed by atoms with van der Waals surface area (Å²) >= 11 is 0. The second-order valence-corrected chi connectivity index (χ2v) is 6.83. The number of H-pyrrole nitrogens is 1. The minimum absolute atomic E-state index is 0.112. The molecule has 3 N–H and O–H groups in total. The molecule has 1 atom stereocenters. The van der Waals surface area contributed by atoms with Crippen LogP contribution in [0, 0.1) is 5.82 Å². The molecule has 0 amide bonds. The molecule has 1 aromatic carbocycles. The Balaban J connectivity index is 0.000000169. The van der Waals surface area contributed by atoms with Crippen LogP contribution in [0.5, 0.6) is 0 Å². The van der Waals surface area contributed by atoms with Crippen molar-refractivity contribution in [1.29, 1.82) is 0 Å². The number of fused-ring (bicyclic) bond motifs is 1. The molecule has 1 aliphatic rings. The van der Waals surface area contributed by atoms with Crippen molar-refractivity contribution >= 4 is 16.9 Å². The first kappa shape index (κ1) is 20.2. The van der Waals surface area contributed by atoms with Crippen LogP contribution in [0.3, 0.4) is 0 Å². The summed E-state index contributed by atoms with van der Waals surface area (Å²) < 4.78 is 17.6. The van der Waals surface area contributed by atoms with E-state index in [9.17, 15) is 9.50 Å². The highest BCUT2D eigenvalue weighted by Crippen LogP contribution is 2.23. The zero-order chi connectivity index (χ0) is 19.8. The van der Waals surface area contributed by atoms with E-state index in [4.69, 9.17) is 4.74 Å². The second-order valence-electron chi connectivity index (χ2n) is 6.83. The van der Waals surface area contributed by atoms with Gasteiger partial charge in [-0.25, -0.2) is 14.4 Å². The molecular formula is C20H26FN5O2. The van der Waals surface area contributed by atoms with E-state index >= 15 is 0 Å². The molecule has 0 bridgehead atoms. The molecule has 150 valence electrons. The molecule has 1 fully saturated rings. The van der Waals surface area contributed by atoms with Crippen molar-refractivity contribution in [3.63, 3.8) is 0 Å². The van der Waals surface area contributed by atoms with Crippen molar-refractivity contribution in [3.8, 4) is 0 Å². The predicted octanol–water partition coefficient (Wildman–Crippen LogP) is 3.60. The van der Waals surface area contributed by atoms with Crippen molar-refractivity contribution in [3.05, 3.63) is 48.2 Å². The normalized spacial score (nSPS) is 15.7. The molecule has 1 saturated carbocycles. The summed E-state index contributed by atoms with van der Waals surface area (Å²) in [6.07, 6.45) is 8.95. The van der Waals surface area contributed by atoms with Gasteiger partial charge in [-0.2, -0.15) is 5.10 Å². The molecule has 8 heteroatoms. The molecule has 0 spiro atoms. The number of hydrogen-bond acceptors (Lipinski definition) is 6. The Morgan fingerprint density at radius 3 is 2.79 bits per heavy atom. The first-order chi connectivity index (χ1) is 13.7. The zero-order valence-electron chi connectivity index (χ0n) is 15.9. The molecule has 2 heterocycles. The van der Waals surface area contributed by atoms with Gasteiger partial charge in [-0.1, -0.05) is 37.5 Å². The molecule has 3 aromatic rings. The minimum Gasteiger partial charge on any atom is -0.386 e. The average Bonchev–Trinajstić information content (AvgIpc) is 3.20. The van der Waals surface area contributed by atoms with E-state index in [1.165, 1.54) is 45.3 Å². The number of ether oxygens (including phenoxy) is 1. The second kappa shape index (κ2) is 10.1. The van der Waals surface area contributed by atoms with Gasteiger partial charge in [0.1, 0.15) is 24.1 Å². The number of aliphatic hydroxyl groups excluding tert-OH is 1. The van der Waals surface area contributed by atoms with E-state index in [1.807, 2.05) is 0 Å². The maximum absolute atomic E-state index is 12.9. The summed E-state index contributed by atoms with van der Waals surface area (Å²) in [6.45, 7) is 0.112. The van der Waals surface area contributed by atoms with E-state index in [0.717, 1.165) is 16.9 Å². The molecule has 1 aliphatic carbocycles. The Kier molecular flexibility index (Phi) is 7.27. The fraction of sp³-hybridized carbons (Fsp3) is 0.450. The van der Waals surface area contributed by atoms with Crippen molar-refractivity contribution in [1.82, 2.24) is 20.2 Å². The summed E-state index contributed by atoms with van der Waals surface area (Å²) in [5, 5.41) is 20.7. The van der Waals surface area contributed by atoms with Crippen molar-refractivity contribution in [2.75, 3.05) is 19.0 Å². The van der Waals surface area contributed by atoms with E-state index in [2.05, 4.69) is 25.5 Å². The third-order valence-corrected chi connectivity index (χ3v) is 4.78. The Morgan fingerprint density at radius 1 is 1.25 bits per heavy atom. The van der Waals surface area contributed by atoms with Crippen molar-refractivity contribution < 1.29 is 14.2 Å². The van der Waals surface area contributed by atoms with Crippen LogP contribution in [0.4, 0.5) is 10.2 Å². The van der Waals surface area contributed by atoms with E-state index in [1.54, 1.807) is 30.7 Å². The van der Waals surface area contributed by atoms with Gasteiger partial charge in [-0.15, -0.1) is 0 Å². The lowest BCUT2D eigenvalue weighted by Gasteiger charge is -2.23. The van der Waals surface area contributed by atoms with E-state index in [-0.39, 0.29) is 12.2 Å². The first-order valence-electron chi connectivity index (χ1n) is 9.51. The van der Waals surface area contributed by atoms with Gasteiger partial charge in [0.2, 0.25) is 0 Å². The quantitative estimate of drug-likeness (QED) is 0.619. The number of nitrogens with one attached hydrogen (secondary N) is 2. The predicted molar refractivity (Wildman–Crippen MR) is 105 cm³/mol. The molecule has 4 rings (SSSR count). The van der Waals surface area contributed by atoms with Crippen LogP contribution in [0.15, 0.2) is 36.8 Å². The van der Waals surface area contributed by atoms with Gasteiger partial charge in [0.15, 0.2) is 5.65 Å². The lowest BCUT2D eigenvalue weighted by atomic mass is 9.95. The number of aromatic nitrogens is 4. The number of rotatable bonds is 5. The van der Waals surface area contributed by atoms with E-state index in [0.29, 0.717) is 6.04 Å². The Morgan fingerprint density at radius 2 is 2.04 bits per heavy atom. The number of methoxy groups -OCH3 is 1. The van der Waals surface area contributed by atoms with Crippen LogP contribution in [0.2, 0.25) is 0 Å². The summed E-state index contributed by atoms with van der Waals surface area (Å²) in [5.41, 5.74) is 1.08. The van der Waals surface area contributed by atoms with Crippen molar-refractivity contribution in [2.24, 2.45) is 0 Å². The minimum atomic E-state index is -0.879. The summed E-state index contributed by atoms with van der Waals surface area (Å²) in [7, 11) is 1.46. The number of aliphatic hydroxyl groups is 1. The molecule has 0 unspecified atom stereocenters. The highest BCUT2D eigenvalue weighted by molar-refractivity contribution is 5.85. The van der Waals surface area contributed by atoms with E-state index < -0.39 is 11.9 Å². The SMILES string of the molecule is COC[C@@H](O)c1ccccc1F.c1nc(NC2CCCCC2)c2cn[nH]c2n1. The third kappa shape index (κ3) is 5.24. The number of halogens is 1. The number of benzene rings is 1. The van der Waals surface area contributed by atoms with Gasteiger partial charge in [-0.3, -0.25) is 5.10 Å². The maximum atomic E-state index is 12.9. The van der Waals surface area contributed by atoms with Crippen LogP contribution in [-0.4, -0.2) is 45.0 Å². The molecule has 0 aliphatic heterocycles. The highest BCUT2D eigenvalue weighted by Gasteiger charge is 2.15. The van der Waals surface area contributed by atoms with Gasteiger partial charge in [0.05, 0.1) is 18.2 Å². The summed E-state index contributed by atoms with van der Waals surface area (Å²) in [4.78, 5) is 8.42. The Bertz CT molecular complexity index is 866. The van der Waals surface area contributed by atoms with Crippen LogP contribution in [0.25, 0.3) is 11.0 Å². The van der Waals surface area contributed by atoms with Gasteiger partial charge >= 0.3 is 0 Å². The third-order valence-electron chi connectivity index (χ3n) is 4.78. The molecule has 2 aromatic heterocycles. The number of hydrogen-bond donors (Lipinski definition) is 3. The van der Waals surface area contributed by atoms with Gasteiger partial charge in [0, 0.05) is 18.7 Å². The van der Waals surface area contributed by atoms with Gasteiger partial charge in [0.25, 0.3) is 0 Å². The molecule has 7 nitrogen and oxygen atoms in total. The van der Waals surface area contributed by atoms with Gasteiger partial charge < -0.3 is 15.2 Å². The molecule has 28 heavy (non-hydrogen) atoms. The topological polar surface area (TPSA) is 96.0 Å². The number of aromatic amines is 1. The van der Waals surface area contributed by atoms with Gasteiger partial charge in [-0.05, 0) is 18.9 Å². The fourth-order valence-corrected chi connectivity index (χ4v) is 3.31. The lowest BCUT2D eigenvalue weighted by molar-refractivity contribution is 0.0621. The van der Waals surface area contributed by atoms with Crippen molar-refractivity contribution in [2.45, 2.75) is 44.2 Å². The highest BCUT2D eigenvalue weighted by atomic mass is 19.1. The number of nitrogens with zero attached hydrogens (tertiary/aromatic N) is 3. The lowest BCUT2D eigenvalue weighted by Crippen LogP contribution is -2.22. The van der Waals surface area contributed by atoms with Crippen LogP contribution < -0.4 is 5.32 Å². The monoisotopic (exact) mass is 387 g/mol. The smallest absolute Gasteiger partial charge is 0.160 e. The van der Waals surface area contributed by atoms with Crippen LogP contribution in [0.1, 0.15) is 43.8 Å². The maximum Gasteiger partial charge on any atom is 0.160 e. The Hall–Kier alpha value is -2.58. The molecular weight excluding hydrogens is 361 g/mol. The summed E-state index contributed by atoms with van der Waals surface area (Å²) in [5.74, 6) is 0.507. The standard InChI is InChI=1S/C11H15N5.C9H11FO2/c1-2-4-8(5-3-1)15-10-9-6-14-16-11(9)13-7-12-10;1-12-6-9(11)7-4-2-3-5-8(7)10/h6-8H,1-5H2,(H2,12,13,14,15,16);2-5,9,11H,6H2,1H3/t;9-/m.1/s1. The average molecular weight is 387 g/mol.